The van der Waals surface area contributed by atoms with Crippen LogP contribution in [-0.2, 0) is 6.42 Å². The monoisotopic (exact) mass is 285 g/mol. The van der Waals surface area contributed by atoms with E-state index in [2.05, 4.69) is 6.92 Å². The Kier molecular flexibility index (Phi) is 4.98. The zero-order valence-electron chi connectivity index (χ0n) is 10.9. The van der Waals surface area contributed by atoms with Gasteiger partial charge < -0.3 is 5.73 Å². The van der Waals surface area contributed by atoms with Gasteiger partial charge in [-0.2, -0.15) is 23.5 Å². The van der Waals surface area contributed by atoms with E-state index in [1.54, 1.807) is 6.07 Å². The minimum Gasteiger partial charge on any atom is -0.326 e. The summed E-state index contributed by atoms with van der Waals surface area (Å²) in [5, 5.41) is 1.07. The van der Waals surface area contributed by atoms with Crippen LogP contribution in [0.4, 0.5) is 4.39 Å². The van der Waals surface area contributed by atoms with Gasteiger partial charge in [0.1, 0.15) is 5.82 Å². The summed E-state index contributed by atoms with van der Waals surface area (Å²) >= 11 is 3.97. The van der Waals surface area contributed by atoms with Gasteiger partial charge >= 0.3 is 0 Å². The second-order valence-corrected chi connectivity index (χ2v) is 7.62. The normalized spacial score (nSPS) is 26.0. The summed E-state index contributed by atoms with van der Waals surface area (Å²) in [5.74, 6) is 2.23. The molecule has 0 radical (unpaired) electrons. The maximum absolute atomic E-state index is 13.3. The fraction of sp³-hybridized carbons (Fsp3) is 0.571. The molecule has 4 heteroatoms. The topological polar surface area (TPSA) is 26.0 Å². The molecule has 100 valence electrons. The summed E-state index contributed by atoms with van der Waals surface area (Å²) in [6.45, 7) is 4.27. The SMILES string of the molecule is Cc1ccc(F)cc1CC(N)C1SCCSC1C. The van der Waals surface area contributed by atoms with Crippen LogP contribution in [-0.4, -0.2) is 28.0 Å². The number of halogens is 1. The van der Waals surface area contributed by atoms with E-state index in [1.165, 1.54) is 17.6 Å². The number of nitrogens with two attached hydrogens (primary N) is 1. The van der Waals surface area contributed by atoms with Gasteiger partial charge in [0.05, 0.1) is 0 Å². The van der Waals surface area contributed by atoms with Crippen LogP contribution >= 0.6 is 23.5 Å². The van der Waals surface area contributed by atoms with Crippen molar-refractivity contribution in [2.45, 2.75) is 36.8 Å². The van der Waals surface area contributed by atoms with Crippen LogP contribution in [0.3, 0.4) is 0 Å². The highest BCUT2D eigenvalue weighted by atomic mass is 32.2. The first-order chi connectivity index (χ1) is 8.58. The van der Waals surface area contributed by atoms with Gasteiger partial charge in [-0.15, -0.1) is 0 Å². The molecule has 1 fully saturated rings. The Labute approximate surface area is 117 Å². The Morgan fingerprint density at radius 2 is 2.11 bits per heavy atom. The van der Waals surface area contributed by atoms with Crippen LogP contribution in [0.25, 0.3) is 0 Å². The van der Waals surface area contributed by atoms with Gasteiger partial charge in [0.15, 0.2) is 0 Å². The lowest BCUT2D eigenvalue weighted by molar-refractivity contribution is 0.604. The summed E-state index contributed by atoms with van der Waals surface area (Å²) < 4.78 is 13.3. The summed E-state index contributed by atoms with van der Waals surface area (Å²) in [4.78, 5) is 0. The van der Waals surface area contributed by atoms with Gasteiger partial charge in [0, 0.05) is 28.0 Å². The van der Waals surface area contributed by atoms with Crippen LogP contribution in [0, 0.1) is 12.7 Å². The lowest BCUT2D eigenvalue weighted by Crippen LogP contribution is -2.42. The molecule has 1 aliphatic rings. The minimum absolute atomic E-state index is 0.110. The van der Waals surface area contributed by atoms with Gasteiger partial charge in [-0.25, -0.2) is 4.39 Å². The van der Waals surface area contributed by atoms with E-state index < -0.39 is 0 Å². The third-order valence-corrected chi connectivity index (χ3v) is 6.70. The summed E-state index contributed by atoms with van der Waals surface area (Å²) in [6, 6.07) is 5.08. The Balaban J connectivity index is 2.05. The summed E-state index contributed by atoms with van der Waals surface area (Å²) in [7, 11) is 0. The summed E-state index contributed by atoms with van der Waals surface area (Å²) in [6.07, 6.45) is 0.770. The summed E-state index contributed by atoms with van der Waals surface area (Å²) in [5.41, 5.74) is 8.51. The van der Waals surface area contributed by atoms with E-state index in [4.69, 9.17) is 5.73 Å². The van der Waals surface area contributed by atoms with Crippen LogP contribution in [0.5, 0.6) is 0 Å². The van der Waals surface area contributed by atoms with Gasteiger partial charge in [-0.3, -0.25) is 0 Å². The third kappa shape index (κ3) is 3.43. The van der Waals surface area contributed by atoms with E-state index in [0.29, 0.717) is 10.5 Å². The Morgan fingerprint density at radius 3 is 2.83 bits per heavy atom. The van der Waals surface area contributed by atoms with Crippen molar-refractivity contribution < 1.29 is 4.39 Å². The second-order valence-electron chi connectivity index (χ2n) is 4.85. The van der Waals surface area contributed by atoms with E-state index in [9.17, 15) is 4.39 Å². The molecule has 1 nitrogen and oxygen atoms in total. The lowest BCUT2D eigenvalue weighted by atomic mass is 9.98. The van der Waals surface area contributed by atoms with Crippen molar-refractivity contribution in [1.29, 1.82) is 0 Å². The standard InChI is InChI=1S/C14H20FNS2/c1-9-3-4-12(15)7-11(9)8-13(16)14-10(2)17-5-6-18-14/h3-4,7,10,13-14H,5-6,8,16H2,1-2H3. The highest BCUT2D eigenvalue weighted by Gasteiger charge is 2.28. The molecule has 0 spiro atoms. The Bertz CT molecular complexity index is 411. The van der Waals surface area contributed by atoms with Gasteiger partial charge in [-0.1, -0.05) is 13.0 Å². The first-order valence-electron chi connectivity index (χ1n) is 6.31. The molecule has 1 saturated heterocycles. The molecule has 2 N–H and O–H groups in total. The molecule has 1 aliphatic heterocycles. The lowest BCUT2D eigenvalue weighted by Gasteiger charge is -2.32. The Hall–Kier alpha value is -0.190. The van der Waals surface area contributed by atoms with E-state index >= 15 is 0 Å². The molecule has 0 amide bonds. The molecule has 0 aliphatic carbocycles. The quantitative estimate of drug-likeness (QED) is 0.923. The maximum Gasteiger partial charge on any atom is 0.123 e. The van der Waals surface area contributed by atoms with Crippen LogP contribution in [0.1, 0.15) is 18.1 Å². The molecule has 3 unspecified atom stereocenters. The molecular formula is C14H20FNS2. The number of hydrogen-bond acceptors (Lipinski definition) is 3. The van der Waals surface area contributed by atoms with Crippen LogP contribution in [0.2, 0.25) is 0 Å². The van der Waals surface area contributed by atoms with Crippen molar-refractivity contribution >= 4 is 23.5 Å². The average Bonchev–Trinajstić information content (AvgIpc) is 2.34. The van der Waals surface area contributed by atoms with Gasteiger partial charge in [-0.05, 0) is 36.6 Å². The highest BCUT2D eigenvalue weighted by molar-refractivity contribution is 8.07. The van der Waals surface area contributed by atoms with Crippen LogP contribution in [0.15, 0.2) is 18.2 Å². The fourth-order valence-electron chi connectivity index (χ4n) is 2.35. The molecule has 1 aromatic carbocycles. The smallest absolute Gasteiger partial charge is 0.123 e. The highest BCUT2D eigenvalue weighted by Crippen LogP contribution is 2.33. The van der Waals surface area contributed by atoms with Crippen molar-refractivity contribution in [2.75, 3.05) is 11.5 Å². The number of rotatable bonds is 3. The average molecular weight is 285 g/mol. The fourth-order valence-corrected chi connectivity index (χ4v) is 5.24. The molecule has 1 aromatic rings. The number of aryl methyl sites for hydroxylation is 1. The zero-order valence-corrected chi connectivity index (χ0v) is 12.5. The minimum atomic E-state index is -0.165. The number of hydrogen-bond donors (Lipinski definition) is 1. The predicted octanol–water partition coefficient (Wildman–Crippen LogP) is 3.24. The second kappa shape index (κ2) is 6.31. The molecule has 0 bridgehead atoms. The van der Waals surface area contributed by atoms with Crippen molar-refractivity contribution in [3.05, 3.63) is 35.1 Å². The predicted molar refractivity (Wildman–Crippen MR) is 81.0 cm³/mol. The molecule has 0 aromatic heterocycles. The molecule has 1 heterocycles. The molecule has 0 saturated carbocycles. The third-order valence-electron chi connectivity index (χ3n) is 3.43. The van der Waals surface area contributed by atoms with Crippen molar-refractivity contribution in [3.8, 4) is 0 Å². The number of thioether (sulfide) groups is 2. The van der Waals surface area contributed by atoms with E-state index in [1.807, 2.05) is 36.5 Å². The Morgan fingerprint density at radius 1 is 1.39 bits per heavy atom. The van der Waals surface area contributed by atoms with Gasteiger partial charge in [0.25, 0.3) is 0 Å². The maximum atomic E-state index is 13.3. The molecule has 3 atom stereocenters. The van der Waals surface area contributed by atoms with E-state index in [-0.39, 0.29) is 11.9 Å². The van der Waals surface area contributed by atoms with E-state index in [0.717, 1.165) is 17.5 Å². The van der Waals surface area contributed by atoms with Crippen molar-refractivity contribution in [2.24, 2.45) is 5.73 Å². The molecular weight excluding hydrogens is 265 g/mol. The first kappa shape index (κ1) is 14.2. The molecule has 2 rings (SSSR count). The van der Waals surface area contributed by atoms with Crippen molar-refractivity contribution in [3.63, 3.8) is 0 Å². The largest absolute Gasteiger partial charge is 0.326 e. The van der Waals surface area contributed by atoms with Crippen LogP contribution < -0.4 is 5.73 Å². The van der Waals surface area contributed by atoms with Gasteiger partial charge in [0.2, 0.25) is 0 Å². The first-order valence-corrected chi connectivity index (χ1v) is 8.41. The number of benzene rings is 1. The van der Waals surface area contributed by atoms with Crippen molar-refractivity contribution in [1.82, 2.24) is 0 Å². The molecule has 18 heavy (non-hydrogen) atoms. The zero-order chi connectivity index (χ0) is 13.1.